The number of anilines is 1. The first-order chi connectivity index (χ1) is 19.4. The summed E-state index contributed by atoms with van der Waals surface area (Å²) in [6, 6.07) is 0.816. The lowest BCUT2D eigenvalue weighted by Crippen LogP contribution is -2.65. The maximum Gasteiger partial charge on any atom is 0.255 e. The third kappa shape index (κ3) is 3.84. The number of primary amides is 1. The van der Waals surface area contributed by atoms with Crippen molar-refractivity contribution in [3.63, 3.8) is 0 Å². The van der Waals surface area contributed by atoms with E-state index in [4.69, 9.17) is 15.1 Å². The fourth-order valence-electron chi connectivity index (χ4n) is 7.32. The summed E-state index contributed by atoms with van der Waals surface area (Å²) < 4.78 is 6.20. The molecule has 2 fully saturated rings. The average Bonchev–Trinajstić information content (AvgIpc) is 3.54. The molecular formula is C29H35N5O7. The van der Waals surface area contributed by atoms with E-state index in [0.29, 0.717) is 35.5 Å². The van der Waals surface area contributed by atoms with E-state index in [1.165, 1.54) is 4.90 Å². The molecule has 2 aromatic rings. The van der Waals surface area contributed by atoms with Crippen molar-refractivity contribution in [2.24, 2.45) is 17.6 Å². The van der Waals surface area contributed by atoms with E-state index in [1.807, 2.05) is 25.1 Å². The Morgan fingerprint density at radius 2 is 1.88 bits per heavy atom. The van der Waals surface area contributed by atoms with Crippen LogP contribution in [0.3, 0.4) is 0 Å². The van der Waals surface area contributed by atoms with Crippen molar-refractivity contribution in [1.82, 2.24) is 14.8 Å². The first kappa shape index (κ1) is 27.4. The van der Waals surface area contributed by atoms with Crippen LogP contribution in [0.1, 0.15) is 36.3 Å². The standard InChI is InChI=1S/C29H35N5O7/c1-32(2)17-11-16-25(41-18(31-16)12-34-7-5-6-8-34)20-14(17)9-13-10-15-22(33(3)4)24(36)21(28(30)39)27(38)29(15,40)26(37)19(13)23(20)35/h11,13,15,22,35,38,40H,5-10,12H2,1-4H3,(H2,30,39)/t13?,15?,22-,29-/m0/s1. The van der Waals surface area contributed by atoms with E-state index >= 15 is 0 Å². The summed E-state index contributed by atoms with van der Waals surface area (Å²) in [5.41, 5.74) is 4.68. The molecule has 41 heavy (non-hydrogen) atoms. The zero-order valence-corrected chi connectivity index (χ0v) is 23.6. The molecule has 2 unspecified atom stereocenters. The summed E-state index contributed by atoms with van der Waals surface area (Å²) in [7, 11) is 6.95. The number of aromatic nitrogens is 1. The highest BCUT2D eigenvalue weighted by atomic mass is 16.4. The van der Waals surface area contributed by atoms with Gasteiger partial charge in [-0.3, -0.25) is 24.2 Å². The molecule has 1 aliphatic heterocycles. The highest BCUT2D eigenvalue weighted by molar-refractivity contribution is 6.24. The number of nitrogens with zero attached hydrogens (tertiary/aromatic N) is 4. The van der Waals surface area contributed by atoms with Gasteiger partial charge in [-0.05, 0) is 70.4 Å². The minimum absolute atomic E-state index is 0.0758. The molecule has 3 aliphatic carbocycles. The number of ketones is 2. The van der Waals surface area contributed by atoms with Crippen LogP contribution in [0, 0.1) is 11.8 Å². The Morgan fingerprint density at radius 1 is 1.20 bits per heavy atom. The number of carbonyl (C=O) groups excluding carboxylic acids is 3. The summed E-state index contributed by atoms with van der Waals surface area (Å²) in [4.78, 5) is 50.0. The first-order valence-electron chi connectivity index (χ1n) is 13.9. The molecule has 4 aliphatic rings. The molecule has 1 saturated carbocycles. The van der Waals surface area contributed by atoms with Crippen molar-refractivity contribution in [3.8, 4) is 0 Å². The number of fused-ring (bicyclic) bond motifs is 5. The van der Waals surface area contributed by atoms with Crippen molar-refractivity contribution in [1.29, 1.82) is 0 Å². The number of aliphatic hydroxyl groups is 3. The van der Waals surface area contributed by atoms with Crippen LogP contribution in [0.2, 0.25) is 0 Å². The van der Waals surface area contributed by atoms with Gasteiger partial charge in [0.15, 0.2) is 17.0 Å². The molecule has 12 heteroatoms. The number of aliphatic hydroxyl groups excluding tert-OH is 2. The van der Waals surface area contributed by atoms with Gasteiger partial charge >= 0.3 is 0 Å². The van der Waals surface area contributed by atoms with Crippen LogP contribution in [0.15, 0.2) is 27.4 Å². The van der Waals surface area contributed by atoms with Crippen molar-refractivity contribution in [2.45, 2.75) is 43.9 Å². The zero-order valence-electron chi connectivity index (χ0n) is 23.6. The van der Waals surface area contributed by atoms with Crippen LogP contribution < -0.4 is 10.6 Å². The second-order valence-corrected chi connectivity index (χ2v) is 12.0. The highest BCUT2D eigenvalue weighted by Crippen LogP contribution is 2.53. The van der Waals surface area contributed by atoms with Gasteiger partial charge in [0, 0.05) is 31.3 Å². The van der Waals surface area contributed by atoms with E-state index in [-0.39, 0.29) is 17.8 Å². The lowest BCUT2D eigenvalue weighted by Gasteiger charge is -2.50. The number of oxazole rings is 1. The molecule has 1 aromatic carbocycles. The third-order valence-electron chi connectivity index (χ3n) is 9.16. The molecule has 6 rings (SSSR count). The number of carbonyl (C=O) groups is 3. The van der Waals surface area contributed by atoms with Crippen LogP contribution in [0.25, 0.3) is 16.9 Å². The minimum atomic E-state index is -2.62. The van der Waals surface area contributed by atoms with Gasteiger partial charge in [0.05, 0.1) is 18.2 Å². The molecule has 0 spiro atoms. The smallest absolute Gasteiger partial charge is 0.255 e. The molecule has 0 bridgehead atoms. The van der Waals surface area contributed by atoms with E-state index in [1.54, 1.807) is 14.1 Å². The summed E-state index contributed by atoms with van der Waals surface area (Å²) in [5, 5.41) is 34.7. The van der Waals surface area contributed by atoms with E-state index in [0.717, 1.165) is 37.2 Å². The predicted octanol–water partition coefficient (Wildman–Crippen LogP) is 1.06. The summed E-state index contributed by atoms with van der Waals surface area (Å²) in [6.07, 6.45) is 2.63. The number of hydrogen-bond donors (Lipinski definition) is 4. The maximum atomic E-state index is 14.2. The Balaban J connectivity index is 1.55. The van der Waals surface area contributed by atoms with Crippen LogP contribution in [-0.2, 0) is 27.3 Å². The number of hydrogen-bond acceptors (Lipinski definition) is 11. The first-order valence-corrected chi connectivity index (χ1v) is 13.9. The molecule has 0 radical (unpaired) electrons. The van der Waals surface area contributed by atoms with E-state index < -0.39 is 52.3 Å². The monoisotopic (exact) mass is 565 g/mol. The lowest BCUT2D eigenvalue weighted by atomic mass is 9.57. The van der Waals surface area contributed by atoms with Gasteiger partial charge in [-0.25, -0.2) is 4.98 Å². The molecule has 2 heterocycles. The zero-order chi connectivity index (χ0) is 29.5. The van der Waals surface area contributed by atoms with Gasteiger partial charge in [-0.1, -0.05) is 0 Å². The SMILES string of the molecule is CN(C)c1cc2nc(CN3CCCC3)oc2c2c1CC1CC3[C@H](N(C)C)C(=O)C(C(N)=O)=C(O)[C@@]3(O)C(=O)C1=C2O. The van der Waals surface area contributed by atoms with Crippen molar-refractivity contribution in [3.05, 3.63) is 40.0 Å². The quantitative estimate of drug-likeness (QED) is 0.382. The number of likely N-dealkylation sites (tertiary alicyclic amines) is 1. The summed E-state index contributed by atoms with van der Waals surface area (Å²) in [6.45, 7) is 2.42. The minimum Gasteiger partial charge on any atom is -0.508 e. The number of benzene rings is 1. The van der Waals surface area contributed by atoms with Gasteiger partial charge in [0.1, 0.15) is 22.6 Å². The molecular weight excluding hydrogens is 530 g/mol. The second-order valence-electron chi connectivity index (χ2n) is 12.0. The Kier molecular flexibility index (Phi) is 6.29. The van der Waals surface area contributed by atoms with Crippen LogP contribution in [-0.4, -0.2) is 101 Å². The summed E-state index contributed by atoms with van der Waals surface area (Å²) >= 11 is 0. The predicted molar refractivity (Wildman–Crippen MR) is 149 cm³/mol. The Hall–Kier alpha value is -3.74. The molecule has 1 aromatic heterocycles. The third-order valence-corrected chi connectivity index (χ3v) is 9.16. The highest BCUT2D eigenvalue weighted by Gasteiger charge is 2.64. The fourth-order valence-corrected chi connectivity index (χ4v) is 7.32. The van der Waals surface area contributed by atoms with Crippen LogP contribution >= 0.6 is 0 Å². The van der Waals surface area contributed by atoms with Crippen molar-refractivity contribution in [2.75, 3.05) is 46.2 Å². The fraction of sp³-hybridized carbons (Fsp3) is 0.517. The summed E-state index contributed by atoms with van der Waals surface area (Å²) in [5.74, 6) is -5.52. The van der Waals surface area contributed by atoms with Gasteiger partial charge in [-0.2, -0.15) is 0 Å². The van der Waals surface area contributed by atoms with Gasteiger partial charge in [-0.15, -0.1) is 0 Å². The number of Topliss-reactive ketones (excluding diaryl/α,β-unsaturated/α-hetero) is 2. The molecule has 218 valence electrons. The molecule has 12 nitrogen and oxygen atoms in total. The Bertz CT molecular complexity index is 1560. The number of rotatable bonds is 5. The molecule has 4 atom stereocenters. The van der Waals surface area contributed by atoms with Crippen LogP contribution in [0.4, 0.5) is 5.69 Å². The molecule has 1 saturated heterocycles. The lowest BCUT2D eigenvalue weighted by molar-refractivity contribution is -0.153. The maximum absolute atomic E-state index is 14.2. The average molecular weight is 566 g/mol. The van der Waals surface area contributed by atoms with E-state index in [9.17, 15) is 29.7 Å². The number of nitrogens with two attached hydrogens (primary N) is 1. The van der Waals surface area contributed by atoms with E-state index in [2.05, 4.69) is 4.90 Å². The van der Waals surface area contributed by atoms with Crippen molar-refractivity contribution >= 4 is 40.0 Å². The van der Waals surface area contributed by atoms with Crippen molar-refractivity contribution < 1.29 is 34.1 Å². The topological polar surface area (TPSA) is 174 Å². The van der Waals surface area contributed by atoms with Gasteiger partial charge < -0.3 is 30.4 Å². The normalized spacial score (nSPS) is 28.4. The Morgan fingerprint density at radius 3 is 2.49 bits per heavy atom. The Labute approximate surface area is 236 Å². The molecule has 5 N–H and O–H groups in total. The number of likely N-dealkylation sites (N-methyl/N-ethyl adjacent to an activating group) is 1. The van der Waals surface area contributed by atoms with Gasteiger partial charge in [0.25, 0.3) is 5.91 Å². The molecule has 1 amide bonds. The number of amides is 1. The second kappa shape index (κ2) is 9.40. The van der Waals surface area contributed by atoms with Gasteiger partial charge in [0.2, 0.25) is 11.7 Å². The van der Waals surface area contributed by atoms with Crippen LogP contribution in [0.5, 0.6) is 0 Å². The largest absolute Gasteiger partial charge is 0.508 e.